The summed E-state index contributed by atoms with van der Waals surface area (Å²) in [5, 5.41) is 18.0. The predicted molar refractivity (Wildman–Crippen MR) is 134 cm³/mol. The minimum absolute atomic E-state index is 0.132. The van der Waals surface area contributed by atoms with Crippen molar-refractivity contribution in [1.82, 2.24) is 24.8 Å². The summed E-state index contributed by atoms with van der Waals surface area (Å²) in [6, 6.07) is 6.49. The van der Waals surface area contributed by atoms with Crippen molar-refractivity contribution >= 4 is 28.8 Å². The summed E-state index contributed by atoms with van der Waals surface area (Å²) in [5.41, 5.74) is -0.916. The van der Waals surface area contributed by atoms with Crippen molar-refractivity contribution in [2.45, 2.75) is 50.1 Å². The number of carbonyl (C=O) groups is 3. The topological polar surface area (TPSA) is 127 Å². The van der Waals surface area contributed by atoms with Crippen molar-refractivity contribution in [1.29, 1.82) is 0 Å². The van der Waals surface area contributed by atoms with Gasteiger partial charge in [0.25, 0.3) is 5.91 Å². The summed E-state index contributed by atoms with van der Waals surface area (Å²) in [6.45, 7) is 2.57. The average molecular weight is 522 g/mol. The number of amides is 2. The van der Waals surface area contributed by atoms with E-state index in [0.29, 0.717) is 24.8 Å². The Bertz CT molecular complexity index is 1340. The van der Waals surface area contributed by atoms with E-state index in [0.717, 1.165) is 5.52 Å². The molecule has 11 nitrogen and oxygen atoms in total. The van der Waals surface area contributed by atoms with E-state index in [2.05, 4.69) is 10.3 Å². The molecule has 2 amide bonds. The molecule has 200 valence electrons. The van der Waals surface area contributed by atoms with Gasteiger partial charge < -0.3 is 24.4 Å². The van der Waals surface area contributed by atoms with Gasteiger partial charge in [0.1, 0.15) is 35.3 Å². The van der Waals surface area contributed by atoms with Crippen molar-refractivity contribution in [3.05, 3.63) is 48.6 Å². The molecule has 5 heterocycles. The molecule has 1 spiro atoms. The van der Waals surface area contributed by atoms with Gasteiger partial charge in [0.2, 0.25) is 5.91 Å². The Kier molecular flexibility index (Phi) is 6.07. The smallest absolute Gasteiger partial charge is 0.313 e. The number of ether oxygens (including phenoxy) is 2. The second-order valence-electron chi connectivity index (χ2n) is 10.3. The van der Waals surface area contributed by atoms with Crippen molar-refractivity contribution in [2.75, 3.05) is 26.3 Å². The van der Waals surface area contributed by atoms with E-state index in [1.54, 1.807) is 15.7 Å². The molecule has 6 rings (SSSR count). The second kappa shape index (κ2) is 9.32. The highest BCUT2D eigenvalue weighted by Crippen LogP contribution is 2.58. The Balaban J connectivity index is 1.43. The van der Waals surface area contributed by atoms with Gasteiger partial charge in [-0.05, 0) is 31.4 Å². The van der Waals surface area contributed by atoms with E-state index in [1.165, 1.54) is 4.90 Å². The van der Waals surface area contributed by atoms with E-state index < -0.39 is 35.0 Å². The fraction of sp³-hybridized carbons (Fsp3) is 0.519. The van der Waals surface area contributed by atoms with E-state index in [9.17, 15) is 19.5 Å². The molecule has 1 aromatic heterocycles. The summed E-state index contributed by atoms with van der Waals surface area (Å²) in [6.07, 6.45) is 8.74. The maximum absolute atomic E-state index is 14.3. The van der Waals surface area contributed by atoms with Crippen LogP contribution in [0.2, 0.25) is 0 Å². The number of nitrogens with zero attached hydrogens (tertiary/aromatic N) is 5. The molecule has 0 saturated carbocycles. The number of aliphatic hydroxyl groups excluding tert-OH is 1. The second-order valence-corrected chi connectivity index (χ2v) is 10.3. The quantitative estimate of drug-likeness (QED) is 0.441. The van der Waals surface area contributed by atoms with Gasteiger partial charge in [0.15, 0.2) is 0 Å². The van der Waals surface area contributed by atoms with Gasteiger partial charge >= 0.3 is 5.97 Å². The zero-order valence-corrected chi connectivity index (χ0v) is 21.2. The zero-order chi connectivity index (χ0) is 26.5. The van der Waals surface area contributed by atoms with Crippen molar-refractivity contribution in [3.8, 4) is 0 Å². The highest BCUT2D eigenvalue weighted by atomic mass is 16.6. The van der Waals surface area contributed by atoms with Crippen LogP contribution in [0.1, 0.15) is 26.2 Å². The van der Waals surface area contributed by atoms with Crippen LogP contribution in [0.5, 0.6) is 0 Å². The lowest BCUT2D eigenvalue weighted by atomic mass is 9.73. The number of para-hydroxylation sites is 1. The fourth-order valence-electron chi connectivity index (χ4n) is 6.57. The lowest BCUT2D eigenvalue weighted by molar-refractivity contribution is -0.162. The molecule has 2 saturated heterocycles. The number of likely N-dealkylation sites (tertiary alicyclic amines) is 1. The molecule has 2 fully saturated rings. The Morgan fingerprint density at radius 2 is 1.95 bits per heavy atom. The van der Waals surface area contributed by atoms with Gasteiger partial charge in [-0.25, -0.2) is 4.68 Å². The van der Waals surface area contributed by atoms with Crippen LogP contribution in [0.3, 0.4) is 0 Å². The summed E-state index contributed by atoms with van der Waals surface area (Å²) < 4.78 is 14.0. The maximum Gasteiger partial charge on any atom is 0.313 e. The number of hydrogen-bond acceptors (Lipinski definition) is 8. The third-order valence-corrected chi connectivity index (χ3v) is 8.27. The largest absolute Gasteiger partial charge is 0.465 e. The fourth-order valence-corrected chi connectivity index (χ4v) is 6.57. The molecular weight excluding hydrogens is 490 g/mol. The molecule has 5 atom stereocenters. The van der Waals surface area contributed by atoms with Gasteiger partial charge in [0.05, 0.1) is 18.0 Å². The van der Waals surface area contributed by atoms with Crippen LogP contribution in [0, 0.1) is 11.8 Å². The highest BCUT2D eigenvalue weighted by molar-refractivity contribution is 5.99. The lowest BCUT2D eigenvalue weighted by Crippen LogP contribution is -2.56. The molecule has 1 N–H and O–H groups in total. The van der Waals surface area contributed by atoms with E-state index in [1.807, 2.05) is 49.4 Å². The van der Waals surface area contributed by atoms with Gasteiger partial charge in [0, 0.05) is 19.7 Å². The molecule has 0 bridgehead atoms. The number of esters is 1. The molecule has 0 radical (unpaired) electrons. The Morgan fingerprint density at radius 1 is 1.11 bits per heavy atom. The molecule has 1 unspecified atom stereocenters. The number of aromatic nitrogens is 3. The first-order chi connectivity index (χ1) is 18.5. The Hall–Kier alpha value is -3.57. The monoisotopic (exact) mass is 521 g/mol. The van der Waals surface area contributed by atoms with Crippen LogP contribution >= 0.6 is 0 Å². The third-order valence-electron chi connectivity index (χ3n) is 8.27. The molecule has 1 aromatic carbocycles. The van der Waals surface area contributed by atoms with Crippen LogP contribution < -0.4 is 0 Å². The normalized spacial score (nSPS) is 32.6. The van der Waals surface area contributed by atoms with Crippen molar-refractivity contribution in [2.24, 2.45) is 11.8 Å². The molecular formula is C27H31N5O6. The zero-order valence-electron chi connectivity index (χ0n) is 21.2. The first kappa shape index (κ1) is 24.7. The minimum Gasteiger partial charge on any atom is -0.465 e. The van der Waals surface area contributed by atoms with Crippen LogP contribution in [-0.4, -0.2) is 91.2 Å². The van der Waals surface area contributed by atoms with Crippen LogP contribution in [-0.2, 0) is 30.5 Å². The molecule has 2 aromatic rings. The number of hydrogen-bond donors (Lipinski definition) is 1. The molecule has 4 aliphatic rings. The summed E-state index contributed by atoms with van der Waals surface area (Å²) in [7, 11) is 0. The first-order valence-electron chi connectivity index (χ1n) is 13.2. The van der Waals surface area contributed by atoms with Gasteiger partial charge in [-0.15, -0.1) is 5.10 Å². The number of rotatable bonds is 6. The molecule has 4 aliphatic heterocycles. The van der Waals surface area contributed by atoms with E-state index in [4.69, 9.17) is 9.47 Å². The van der Waals surface area contributed by atoms with Crippen molar-refractivity contribution in [3.63, 3.8) is 0 Å². The number of aliphatic hydroxyl groups is 1. The average Bonchev–Trinajstić information content (AvgIpc) is 3.48. The maximum atomic E-state index is 14.3. The minimum atomic E-state index is -1.35. The Morgan fingerprint density at radius 3 is 2.76 bits per heavy atom. The summed E-state index contributed by atoms with van der Waals surface area (Å²) in [4.78, 5) is 44.9. The predicted octanol–water partition coefficient (Wildman–Crippen LogP) is 1.03. The number of fused-ring (bicyclic) bond motifs is 3. The van der Waals surface area contributed by atoms with Crippen LogP contribution in [0.4, 0.5) is 0 Å². The Labute approximate surface area is 219 Å². The number of carbonyl (C=O) groups excluding carboxylic acids is 3. The molecule has 11 heteroatoms. The first-order valence-corrected chi connectivity index (χ1v) is 13.2. The summed E-state index contributed by atoms with van der Waals surface area (Å²) in [5.74, 6) is -2.93. The molecule has 38 heavy (non-hydrogen) atoms. The van der Waals surface area contributed by atoms with Gasteiger partial charge in [-0.2, -0.15) is 0 Å². The number of cyclic esters (lactones) is 1. The highest BCUT2D eigenvalue weighted by Gasteiger charge is 2.75. The van der Waals surface area contributed by atoms with E-state index >= 15 is 0 Å². The van der Waals surface area contributed by atoms with Gasteiger partial charge in [-0.3, -0.25) is 14.4 Å². The standard InChI is InChI=1S/C27H31N5O6/c1-2-26-11-5-6-16-37-25(36)21(26)20-23(34)31(14-8-15-33)22-24(35)30(13-7-12-27(20,22)38-26)17-32-19-10-4-3-9-18(19)28-29-32/h3-5,7,9-12,20-22,33H,2,6,8,13-17H2,1H3/t20-,21-,22?,26+,27-/m0/s1. The van der Waals surface area contributed by atoms with E-state index in [-0.39, 0.29) is 44.8 Å². The lowest BCUT2D eigenvalue weighted by Gasteiger charge is -2.38. The number of benzene rings is 1. The van der Waals surface area contributed by atoms with Crippen LogP contribution in [0.15, 0.2) is 48.6 Å². The summed E-state index contributed by atoms with van der Waals surface area (Å²) >= 11 is 0. The SMILES string of the molecule is CC[C@@]12C=CCCOC(=O)[C@@H]1[C@H]1C(=O)N(CCCO)C3C(=O)N(Cn4nnc5ccccc54)CC=C[C@@]31O2. The van der Waals surface area contributed by atoms with Crippen LogP contribution in [0.25, 0.3) is 11.0 Å². The molecule has 0 aliphatic carbocycles. The van der Waals surface area contributed by atoms with Gasteiger partial charge in [-0.1, -0.05) is 48.6 Å². The third kappa shape index (κ3) is 3.52. The van der Waals surface area contributed by atoms with Crippen molar-refractivity contribution < 1.29 is 29.0 Å².